The van der Waals surface area contributed by atoms with Gasteiger partial charge in [-0.3, -0.25) is 0 Å². The fourth-order valence-electron chi connectivity index (χ4n) is 5.01. The van der Waals surface area contributed by atoms with Crippen LogP contribution >= 0.6 is 0 Å². The zero-order chi connectivity index (χ0) is 29.0. The van der Waals surface area contributed by atoms with E-state index >= 15 is 0 Å². The molecule has 0 spiro atoms. The molecule has 0 saturated carbocycles. The number of likely N-dealkylation sites (N-methyl/N-ethyl adjacent to an activating group) is 1. The molecule has 2 aromatic heterocycles. The Morgan fingerprint density at radius 2 is 1.93 bits per heavy atom. The van der Waals surface area contributed by atoms with Gasteiger partial charge in [0.25, 0.3) is 0 Å². The Hall–Kier alpha value is -3.54. The van der Waals surface area contributed by atoms with Crippen LogP contribution in [0.2, 0.25) is 0 Å². The van der Waals surface area contributed by atoms with Crippen LogP contribution < -0.4 is 10.2 Å². The minimum atomic E-state index is -4.80. The molecule has 8 nitrogen and oxygen atoms in total. The van der Waals surface area contributed by atoms with Crippen LogP contribution in [0.5, 0.6) is 0 Å². The molecule has 1 aromatic carbocycles. The molecule has 0 unspecified atom stereocenters. The molecule has 1 aliphatic rings. The number of halogens is 4. The monoisotopic (exact) mass is 561 g/mol. The zero-order valence-electron chi connectivity index (χ0n) is 23.2. The molecular formula is C28H35F4N7O. The number of rotatable bonds is 10. The summed E-state index contributed by atoms with van der Waals surface area (Å²) in [6.45, 7) is 6.88. The Morgan fingerprint density at radius 3 is 2.55 bits per heavy atom. The summed E-state index contributed by atoms with van der Waals surface area (Å²) in [4.78, 5) is 29.1. The molecule has 12 heteroatoms. The van der Waals surface area contributed by atoms with Crippen LogP contribution in [0.3, 0.4) is 0 Å². The first-order valence-electron chi connectivity index (χ1n) is 13.4. The first-order valence-corrected chi connectivity index (χ1v) is 13.4. The largest absolute Gasteiger partial charge is 0.419 e. The van der Waals surface area contributed by atoms with Gasteiger partial charge in [-0.2, -0.15) is 13.2 Å². The number of hydrogen-bond donors (Lipinski definition) is 1. The number of aromatic nitrogens is 4. The summed E-state index contributed by atoms with van der Waals surface area (Å²) >= 11 is 0. The van der Waals surface area contributed by atoms with E-state index in [1.54, 1.807) is 13.2 Å². The van der Waals surface area contributed by atoms with Crippen LogP contribution in [0.1, 0.15) is 49.6 Å². The summed E-state index contributed by atoms with van der Waals surface area (Å²) in [7, 11) is 3.77. The number of benzene rings is 1. The van der Waals surface area contributed by atoms with Crippen LogP contribution in [0.15, 0.2) is 30.7 Å². The van der Waals surface area contributed by atoms with Crippen LogP contribution in [0, 0.1) is 5.82 Å². The minimum Gasteiger partial charge on any atom is -0.373 e. The van der Waals surface area contributed by atoms with Crippen molar-refractivity contribution >= 4 is 17.9 Å². The van der Waals surface area contributed by atoms with E-state index < -0.39 is 17.6 Å². The molecule has 216 valence electrons. The lowest BCUT2D eigenvalue weighted by Crippen LogP contribution is -2.35. The number of anilines is 2. The van der Waals surface area contributed by atoms with E-state index in [0.29, 0.717) is 37.2 Å². The van der Waals surface area contributed by atoms with Gasteiger partial charge in [-0.05, 0) is 51.9 Å². The molecule has 0 aliphatic carbocycles. The number of nitrogens with zero attached hydrogens (tertiary/aromatic N) is 6. The summed E-state index contributed by atoms with van der Waals surface area (Å²) in [6.07, 6.45) is 0.969. The smallest absolute Gasteiger partial charge is 0.373 e. The molecule has 3 aromatic rings. The number of nitrogens with one attached hydrogen (secondary N) is 1. The Balaban J connectivity index is 1.62. The highest BCUT2D eigenvalue weighted by Crippen LogP contribution is 2.36. The number of carbonyl (C=O) groups excluding carboxylic acids is 1. The van der Waals surface area contributed by atoms with Gasteiger partial charge in [0.05, 0.1) is 11.3 Å². The highest BCUT2D eigenvalue weighted by molar-refractivity contribution is 5.68. The van der Waals surface area contributed by atoms with Crippen LogP contribution in [-0.2, 0) is 23.9 Å². The van der Waals surface area contributed by atoms with Crippen molar-refractivity contribution in [2.24, 2.45) is 0 Å². The second-order valence-corrected chi connectivity index (χ2v) is 10.4. The van der Waals surface area contributed by atoms with Gasteiger partial charge in [-0.1, -0.05) is 0 Å². The van der Waals surface area contributed by atoms with Crippen molar-refractivity contribution in [2.45, 2.75) is 57.8 Å². The predicted octanol–water partition coefficient (Wildman–Crippen LogP) is 5.01. The second kappa shape index (κ2) is 12.3. The number of imidazole rings is 1. The summed E-state index contributed by atoms with van der Waals surface area (Å²) < 4.78 is 56.2. The fourth-order valence-corrected chi connectivity index (χ4v) is 5.01. The Morgan fingerprint density at radius 1 is 1.20 bits per heavy atom. The predicted molar refractivity (Wildman–Crippen MR) is 146 cm³/mol. The van der Waals surface area contributed by atoms with Gasteiger partial charge in [0.15, 0.2) is 0 Å². The quantitative estimate of drug-likeness (QED) is 0.276. The van der Waals surface area contributed by atoms with E-state index in [2.05, 4.69) is 38.9 Å². The number of carbonyl (C=O) groups is 1. The van der Waals surface area contributed by atoms with E-state index in [4.69, 9.17) is 4.98 Å². The number of piperidine rings is 1. The summed E-state index contributed by atoms with van der Waals surface area (Å²) in [5.74, 6) is 0.903. The summed E-state index contributed by atoms with van der Waals surface area (Å²) in [6, 6.07) is 3.35. The molecule has 1 fully saturated rings. The van der Waals surface area contributed by atoms with Gasteiger partial charge in [0.2, 0.25) is 0 Å². The Labute approximate surface area is 231 Å². The van der Waals surface area contributed by atoms with Gasteiger partial charge in [-0.15, -0.1) is 0 Å². The first kappa shape index (κ1) is 29.4. The molecule has 0 bridgehead atoms. The molecule has 0 atom stereocenters. The number of aldehydes is 1. The van der Waals surface area contributed by atoms with Gasteiger partial charge >= 0.3 is 6.18 Å². The van der Waals surface area contributed by atoms with Crippen LogP contribution in [0.25, 0.3) is 11.3 Å². The minimum absolute atomic E-state index is 0.0667. The third kappa shape index (κ3) is 6.43. The van der Waals surface area contributed by atoms with E-state index in [-0.39, 0.29) is 17.9 Å². The molecule has 1 N–H and O–H groups in total. The van der Waals surface area contributed by atoms with Crippen molar-refractivity contribution < 1.29 is 22.4 Å². The zero-order valence-corrected chi connectivity index (χ0v) is 23.2. The molecule has 0 amide bonds. The second-order valence-electron chi connectivity index (χ2n) is 10.4. The van der Waals surface area contributed by atoms with E-state index in [1.807, 2.05) is 11.6 Å². The van der Waals surface area contributed by atoms with Crippen molar-refractivity contribution in [3.8, 4) is 11.3 Å². The number of alkyl halides is 3. The molecule has 3 heterocycles. The summed E-state index contributed by atoms with van der Waals surface area (Å²) in [5, 5.41) is 3.02. The molecular weight excluding hydrogens is 526 g/mol. The normalized spacial score (nSPS) is 14.8. The van der Waals surface area contributed by atoms with E-state index in [1.165, 1.54) is 12.4 Å². The Bertz CT molecular complexity index is 1320. The molecule has 1 saturated heterocycles. The maximum atomic E-state index is 14.0. The molecule has 4 rings (SSSR count). The molecule has 40 heavy (non-hydrogen) atoms. The Kier molecular flexibility index (Phi) is 9.07. The topological polar surface area (TPSA) is 79.2 Å². The summed E-state index contributed by atoms with van der Waals surface area (Å²) in [5.41, 5.74) is 0.0573. The average Bonchev–Trinajstić information content (AvgIpc) is 3.36. The van der Waals surface area contributed by atoms with Crippen LogP contribution in [-0.4, -0.2) is 70.5 Å². The van der Waals surface area contributed by atoms with Gasteiger partial charge < -0.3 is 24.5 Å². The molecule has 1 aliphatic heterocycles. The lowest BCUT2D eigenvalue weighted by atomic mass is 9.95. The van der Waals surface area contributed by atoms with Gasteiger partial charge in [0, 0.05) is 68.9 Å². The third-order valence-corrected chi connectivity index (χ3v) is 7.56. The van der Waals surface area contributed by atoms with Crippen molar-refractivity contribution in [2.75, 3.05) is 43.9 Å². The SMILES string of the molecule is CNc1ncnc(N2CCC(c3nc(-c4ccc(F)c(C(F)(F)F)c4)cn3CCN(C)C(C)C)CC2)c1CC=O. The highest BCUT2D eigenvalue weighted by atomic mass is 19.4. The lowest BCUT2D eigenvalue weighted by molar-refractivity contribution is -0.139. The molecule has 0 radical (unpaired) electrons. The van der Waals surface area contributed by atoms with E-state index in [0.717, 1.165) is 55.0 Å². The lowest BCUT2D eigenvalue weighted by Gasteiger charge is -2.34. The standard InChI is InChI=1S/C28H35F4N7O/c1-18(2)37(4)12-13-39-16-24(20-5-6-23(29)22(15-20)28(30,31)32)36-26(39)19-7-10-38(11-8-19)27-21(9-14-40)25(33-3)34-17-35-27/h5-6,14-19H,7-13H2,1-4H3,(H,33,34,35). The highest BCUT2D eigenvalue weighted by Gasteiger charge is 2.35. The first-order chi connectivity index (χ1) is 19.0. The van der Waals surface area contributed by atoms with Crippen molar-refractivity contribution in [1.29, 1.82) is 0 Å². The van der Waals surface area contributed by atoms with E-state index in [9.17, 15) is 22.4 Å². The maximum Gasteiger partial charge on any atom is 0.419 e. The fraction of sp³-hybridized carbons (Fsp3) is 0.500. The van der Waals surface area contributed by atoms with Crippen molar-refractivity contribution in [3.05, 3.63) is 53.5 Å². The van der Waals surface area contributed by atoms with Gasteiger partial charge in [0.1, 0.15) is 35.9 Å². The van der Waals surface area contributed by atoms with Gasteiger partial charge in [-0.25, -0.2) is 19.3 Å². The third-order valence-electron chi connectivity index (χ3n) is 7.56. The maximum absolute atomic E-state index is 14.0. The average molecular weight is 562 g/mol. The van der Waals surface area contributed by atoms with Crippen molar-refractivity contribution in [3.63, 3.8) is 0 Å². The van der Waals surface area contributed by atoms with Crippen LogP contribution in [0.4, 0.5) is 29.2 Å². The number of hydrogen-bond acceptors (Lipinski definition) is 7. The van der Waals surface area contributed by atoms with Crippen molar-refractivity contribution in [1.82, 2.24) is 24.4 Å².